The molecule has 0 spiro atoms. The number of aromatic nitrogens is 5. The summed E-state index contributed by atoms with van der Waals surface area (Å²) in [6, 6.07) is 15.6. The van der Waals surface area contributed by atoms with E-state index in [1.54, 1.807) is 13.4 Å². The fourth-order valence-electron chi connectivity index (χ4n) is 3.70. The van der Waals surface area contributed by atoms with E-state index in [9.17, 15) is 5.26 Å². The molecule has 8 heteroatoms. The summed E-state index contributed by atoms with van der Waals surface area (Å²) in [5.74, 6) is 1.15. The third-order valence-corrected chi connectivity index (χ3v) is 5.45. The highest BCUT2D eigenvalue weighted by atomic mass is 16.5. The number of benzene rings is 1. The Hall–Kier alpha value is -4.25. The number of aryl methyl sites for hydroxylation is 2. The van der Waals surface area contributed by atoms with Gasteiger partial charge in [0.05, 0.1) is 42.5 Å². The van der Waals surface area contributed by atoms with E-state index in [4.69, 9.17) is 4.74 Å². The topological polar surface area (TPSA) is 102 Å². The molecule has 166 valence electrons. The first-order chi connectivity index (χ1) is 16.0. The number of methoxy groups -OCH3 is 1. The molecule has 3 heterocycles. The second-order valence-electron chi connectivity index (χ2n) is 7.71. The molecule has 0 fully saturated rings. The van der Waals surface area contributed by atoms with Crippen LogP contribution in [0.25, 0.3) is 17.1 Å². The van der Waals surface area contributed by atoms with Crippen molar-refractivity contribution in [3.05, 3.63) is 77.4 Å². The van der Waals surface area contributed by atoms with E-state index in [1.807, 2.05) is 67.1 Å². The van der Waals surface area contributed by atoms with Crippen LogP contribution in [0.3, 0.4) is 0 Å². The summed E-state index contributed by atoms with van der Waals surface area (Å²) in [5, 5.41) is 21.7. The second kappa shape index (κ2) is 9.49. The maximum atomic E-state index is 9.45. The van der Waals surface area contributed by atoms with Gasteiger partial charge in [0.2, 0.25) is 5.88 Å². The van der Waals surface area contributed by atoms with Crippen molar-refractivity contribution in [2.45, 2.75) is 33.2 Å². The minimum Gasteiger partial charge on any atom is -0.479 e. The largest absolute Gasteiger partial charge is 0.479 e. The maximum absolute atomic E-state index is 9.45. The van der Waals surface area contributed by atoms with Crippen LogP contribution >= 0.6 is 0 Å². The van der Waals surface area contributed by atoms with Crippen molar-refractivity contribution in [2.24, 2.45) is 0 Å². The molecule has 0 saturated carbocycles. The summed E-state index contributed by atoms with van der Waals surface area (Å²) in [6.45, 7) is 5.98. The van der Waals surface area contributed by atoms with Crippen LogP contribution in [0.1, 0.15) is 41.8 Å². The molecule has 3 aromatic heterocycles. The van der Waals surface area contributed by atoms with E-state index in [1.165, 1.54) is 0 Å². The number of hydrogen-bond acceptors (Lipinski definition) is 7. The van der Waals surface area contributed by atoms with Gasteiger partial charge in [-0.3, -0.25) is 0 Å². The van der Waals surface area contributed by atoms with E-state index in [0.717, 1.165) is 28.9 Å². The van der Waals surface area contributed by atoms with Gasteiger partial charge in [0, 0.05) is 6.20 Å². The summed E-state index contributed by atoms with van der Waals surface area (Å²) >= 11 is 0. The lowest BCUT2D eigenvalue weighted by molar-refractivity contribution is 0.396. The van der Waals surface area contributed by atoms with Gasteiger partial charge in [-0.15, -0.1) is 10.2 Å². The minimum absolute atomic E-state index is 0.0455. The van der Waals surface area contributed by atoms with Crippen LogP contribution in [-0.2, 0) is 0 Å². The average Bonchev–Trinajstić information content (AvgIpc) is 3.28. The Kier molecular flexibility index (Phi) is 6.31. The highest BCUT2D eigenvalue weighted by Crippen LogP contribution is 2.29. The SMILES string of the molecule is CC[C@H](Nc1nnc(-c2ccc(-n3cnc(C)c3)c(OC)n2)cc1C)c1ccccc1C#N. The van der Waals surface area contributed by atoms with Gasteiger partial charge >= 0.3 is 0 Å². The molecule has 0 bridgehead atoms. The normalized spacial score (nSPS) is 11.6. The minimum atomic E-state index is -0.0455. The number of imidazole rings is 1. The van der Waals surface area contributed by atoms with Crippen molar-refractivity contribution >= 4 is 5.82 Å². The van der Waals surface area contributed by atoms with Crippen molar-refractivity contribution < 1.29 is 4.74 Å². The van der Waals surface area contributed by atoms with Crippen LogP contribution in [-0.4, -0.2) is 31.8 Å². The fourth-order valence-corrected chi connectivity index (χ4v) is 3.70. The summed E-state index contributed by atoms with van der Waals surface area (Å²) < 4.78 is 7.39. The van der Waals surface area contributed by atoms with Crippen molar-refractivity contribution in [1.29, 1.82) is 5.26 Å². The van der Waals surface area contributed by atoms with E-state index in [2.05, 4.69) is 38.5 Å². The predicted octanol–water partition coefficient (Wildman–Crippen LogP) is 4.78. The Bertz CT molecular complexity index is 1320. The molecule has 4 rings (SSSR count). The molecule has 1 aromatic carbocycles. The van der Waals surface area contributed by atoms with Gasteiger partial charge in [0.1, 0.15) is 11.4 Å². The third-order valence-electron chi connectivity index (χ3n) is 5.45. The van der Waals surface area contributed by atoms with Gasteiger partial charge in [-0.1, -0.05) is 25.1 Å². The van der Waals surface area contributed by atoms with Gasteiger partial charge in [-0.05, 0) is 55.7 Å². The first kappa shape index (κ1) is 22.0. The van der Waals surface area contributed by atoms with Gasteiger partial charge in [0.25, 0.3) is 0 Å². The van der Waals surface area contributed by atoms with Gasteiger partial charge in [0.15, 0.2) is 5.82 Å². The van der Waals surface area contributed by atoms with Crippen LogP contribution in [0.5, 0.6) is 5.88 Å². The fraction of sp³-hybridized carbons (Fsp3) is 0.240. The van der Waals surface area contributed by atoms with Crippen molar-refractivity contribution in [3.63, 3.8) is 0 Å². The van der Waals surface area contributed by atoms with Crippen molar-refractivity contribution in [2.75, 3.05) is 12.4 Å². The van der Waals surface area contributed by atoms with Gasteiger partial charge in [-0.25, -0.2) is 9.97 Å². The van der Waals surface area contributed by atoms with E-state index in [0.29, 0.717) is 28.6 Å². The standard InChI is InChI=1S/C25H25N7O/c1-5-20(19-9-7-6-8-18(19)13-26)28-24-16(2)12-22(30-31-24)21-10-11-23(25(29-21)33-4)32-14-17(3)27-15-32/h6-12,14-15,20H,5H2,1-4H3,(H,28,31)/t20-/m0/s1. The van der Waals surface area contributed by atoms with Crippen LogP contribution in [0.2, 0.25) is 0 Å². The first-order valence-corrected chi connectivity index (χ1v) is 10.7. The molecule has 0 aliphatic rings. The molecule has 0 radical (unpaired) electrons. The number of anilines is 1. The molecule has 0 saturated heterocycles. The predicted molar refractivity (Wildman–Crippen MR) is 126 cm³/mol. The Morgan fingerprint density at radius 2 is 1.94 bits per heavy atom. The molecule has 8 nitrogen and oxygen atoms in total. The second-order valence-corrected chi connectivity index (χ2v) is 7.71. The molecule has 0 unspecified atom stereocenters. The summed E-state index contributed by atoms with van der Waals surface area (Å²) in [7, 11) is 1.59. The van der Waals surface area contributed by atoms with Crippen LogP contribution in [0.15, 0.2) is 55.0 Å². The molecule has 33 heavy (non-hydrogen) atoms. The number of rotatable bonds is 7. The van der Waals surface area contributed by atoms with Crippen molar-refractivity contribution in [1.82, 2.24) is 24.7 Å². The number of pyridine rings is 1. The molecule has 1 N–H and O–H groups in total. The highest BCUT2D eigenvalue weighted by Gasteiger charge is 2.17. The number of ether oxygens (including phenoxy) is 1. The van der Waals surface area contributed by atoms with Gasteiger partial charge in [-0.2, -0.15) is 5.26 Å². The molecular formula is C25H25N7O. The third kappa shape index (κ3) is 4.53. The molecular weight excluding hydrogens is 414 g/mol. The molecule has 1 atom stereocenters. The lowest BCUT2D eigenvalue weighted by Crippen LogP contribution is -2.14. The average molecular weight is 440 g/mol. The lowest BCUT2D eigenvalue weighted by atomic mass is 9.99. The number of nitriles is 1. The summed E-state index contributed by atoms with van der Waals surface area (Å²) in [6.07, 6.45) is 4.45. The quantitative estimate of drug-likeness (QED) is 0.442. The first-order valence-electron chi connectivity index (χ1n) is 10.7. The number of nitrogens with one attached hydrogen (secondary N) is 1. The molecule has 4 aromatic rings. The Morgan fingerprint density at radius 1 is 1.12 bits per heavy atom. The zero-order valence-electron chi connectivity index (χ0n) is 19.1. The Balaban J connectivity index is 1.62. The molecule has 0 amide bonds. The Labute approximate surface area is 192 Å². The van der Waals surface area contributed by atoms with Crippen LogP contribution < -0.4 is 10.1 Å². The van der Waals surface area contributed by atoms with E-state index in [-0.39, 0.29) is 6.04 Å². The number of hydrogen-bond donors (Lipinski definition) is 1. The summed E-state index contributed by atoms with van der Waals surface area (Å²) in [4.78, 5) is 8.90. The summed E-state index contributed by atoms with van der Waals surface area (Å²) in [5.41, 5.74) is 5.56. The Morgan fingerprint density at radius 3 is 2.61 bits per heavy atom. The zero-order valence-corrected chi connectivity index (χ0v) is 19.1. The zero-order chi connectivity index (χ0) is 23.4. The van der Waals surface area contributed by atoms with E-state index < -0.39 is 0 Å². The van der Waals surface area contributed by atoms with Crippen LogP contribution in [0, 0.1) is 25.2 Å². The highest BCUT2D eigenvalue weighted by molar-refractivity contribution is 5.61. The smallest absolute Gasteiger partial charge is 0.238 e. The van der Waals surface area contributed by atoms with Crippen molar-refractivity contribution in [3.8, 4) is 29.0 Å². The lowest BCUT2D eigenvalue weighted by Gasteiger charge is -2.20. The van der Waals surface area contributed by atoms with Crippen LogP contribution in [0.4, 0.5) is 5.82 Å². The molecule has 0 aliphatic heterocycles. The number of nitrogens with zero attached hydrogens (tertiary/aromatic N) is 6. The van der Waals surface area contributed by atoms with E-state index >= 15 is 0 Å². The monoisotopic (exact) mass is 439 g/mol. The molecule has 0 aliphatic carbocycles. The maximum Gasteiger partial charge on any atom is 0.238 e. The van der Waals surface area contributed by atoms with Gasteiger partial charge < -0.3 is 14.6 Å².